The van der Waals surface area contributed by atoms with Crippen molar-refractivity contribution in [1.82, 2.24) is 4.90 Å². The quantitative estimate of drug-likeness (QED) is 0.851. The van der Waals surface area contributed by atoms with Crippen molar-refractivity contribution in [3.05, 3.63) is 65.2 Å². The maximum absolute atomic E-state index is 12.4. The van der Waals surface area contributed by atoms with Crippen molar-refractivity contribution in [2.24, 2.45) is 0 Å². The maximum atomic E-state index is 12.4. The molecule has 1 heterocycles. The van der Waals surface area contributed by atoms with Gasteiger partial charge in [-0.15, -0.1) is 0 Å². The van der Waals surface area contributed by atoms with Crippen LogP contribution in [0, 0.1) is 0 Å². The van der Waals surface area contributed by atoms with Gasteiger partial charge in [0.2, 0.25) is 0 Å². The van der Waals surface area contributed by atoms with Gasteiger partial charge in [-0.25, -0.2) is 0 Å². The molecular formula is C17H15NO4. The van der Waals surface area contributed by atoms with Gasteiger partial charge in [0.1, 0.15) is 5.75 Å². The first-order valence-electron chi connectivity index (χ1n) is 6.94. The molecule has 5 heteroatoms. The molecule has 2 unspecified atom stereocenters. The lowest BCUT2D eigenvalue weighted by atomic mass is 10.0. The fourth-order valence-electron chi connectivity index (χ4n) is 2.67. The first kappa shape index (κ1) is 14.3. The fourth-order valence-corrected chi connectivity index (χ4v) is 2.67. The second kappa shape index (κ2) is 5.27. The van der Waals surface area contributed by atoms with Gasteiger partial charge in [0, 0.05) is 0 Å². The van der Waals surface area contributed by atoms with Gasteiger partial charge < -0.3 is 10.2 Å². The monoisotopic (exact) mass is 297 g/mol. The first-order valence-corrected chi connectivity index (χ1v) is 6.94. The van der Waals surface area contributed by atoms with E-state index in [1.807, 2.05) is 0 Å². The normalized spacial score (nSPS) is 16.5. The number of aliphatic hydroxyl groups is 1. The predicted octanol–water partition coefficient (Wildman–Crippen LogP) is 2.11. The van der Waals surface area contributed by atoms with Gasteiger partial charge in [0.25, 0.3) is 11.8 Å². The van der Waals surface area contributed by atoms with Crippen LogP contribution in [0.15, 0.2) is 48.5 Å². The number of amides is 2. The molecule has 2 N–H and O–H groups in total. The number of hydrogen-bond donors (Lipinski definition) is 2. The number of hydrogen-bond acceptors (Lipinski definition) is 4. The zero-order valence-electron chi connectivity index (χ0n) is 11.9. The summed E-state index contributed by atoms with van der Waals surface area (Å²) in [5.74, 6) is -0.707. The Labute approximate surface area is 127 Å². The van der Waals surface area contributed by atoms with Gasteiger partial charge in [-0.2, -0.15) is 0 Å². The lowest BCUT2D eigenvalue weighted by molar-refractivity contribution is 0.0376. The van der Waals surface area contributed by atoms with Gasteiger partial charge in [-0.3, -0.25) is 14.5 Å². The third-order valence-electron chi connectivity index (χ3n) is 3.92. The molecule has 0 aliphatic carbocycles. The van der Waals surface area contributed by atoms with Crippen molar-refractivity contribution in [2.45, 2.75) is 19.1 Å². The second-order valence-electron chi connectivity index (χ2n) is 5.30. The molecule has 5 nitrogen and oxygen atoms in total. The molecular weight excluding hydrogens is 282 g/mol. The van der Waals surface area contributed by atoms with E-state index in [9.17, 15) is 19.8 Å². The SMILES string of the molecule is CC(C(O)c1ccc(O)cc1)N1C(=O)c2ccccc2C1=O. The summed E-state index contributed by atoms with van der Waals surface area (Å²) >= 11 is 0. The lowest BCUT2D eigenvalue weighted by Gasteiger charge is -2.27. The topological polar surface area (TPSA) is 77.8 Å². The Hall–Kier alpha value is -2.66. The highest BCUT2D eigenvalue weighted by atomic mass is 16.3. The molecule has 22 heavy (non-hydrogen) atoms. The summed E-state index contributed by atoms with van der Waals surface area (Å²) < 4.78 is 0. The summed E-state index contributed by atoms with van der Waals surface area (Å²) in [6.45, 7) is 1.62. The summed E-state index contributed by atoms with van der Waals surface area (Å²) in [7, 11) is 0. The van der Waals surface area contributed by atoms with Crippen LogP contribution in [0.3, 0.4) is 0 Å². The minimum Gasteiger partial charge on any atom is -0.508 e. The van der Waals surface area contributed by atoms with E-state index in [2.05, 4.69) is 0 Å². The molecule has 2 aromatic carbocycles. The number of carbonyl (C=O) groups excluding carboxylic acids is 2. The highest BCUT2D eigenvalue weighted by Gasteiger charge is 2.40. The van der Waals surface area contributed by atoms with Gasteiger partial charge in [0.15, 0.2) is 0 Å². The van der Waals surface area contributed by atoms with Crippen LogP contribution in [0.25, 0.3) is 0 Å². The van der Waals surface area contributed by atoms with Crippen molar-refractivity contribution < 1.29 is 19.8 Å². The van der Waals surface area contributed by atoms with E-state index in [4.69, 9.17) is 0 Å². The summed E-state index contributed by atoms with van der Waals surface area (Å²) in [5.41, 5.74) is 1.25. The van der Waals surface area contributed by atoms with Crippen LogP contribution in [-0.2, 0) is 0 Å². The number of aromatic hydroxyl groups is 1. The fraction of sp³-hybridized carbons (Fsp3) is 0.176. The zero-order valence-corrected chi connectivity index (χ0v) is 11.9. The minimum atomic E-state index is -1.03. The molecule has 2 aromatic rings. The second-order valence-corrected chi connectivity index (χ2v) is 5.30. The summed E-state index contributed by atoms with van der Waals surface area (Å²) in [5, 5.41) is 19.7. The summed E-state index contributed by atoms with van der Waals surface area (Å²) in [6, 6.07) is 11.9. The Bertz CT molecular complexity index is 704. The van der Waals surface area contributed by atoms with Crippen molar-refractivity contribution >= 4 is 11.8 Å². The molecule has 2 atom stereocenters. The Kier molecular flexibility index (Phi) is 3.42. The van der Waals surface area contributed by atoms with Crippen LogP contribution in [0.1, 0.15) is 39.3 Å². The van der Waals surface area contributed by atoms with Crippen LogP contribution in [0.5, 0.6) is 5.75 Å². The number of fused-ring (bicyclic) bond motifs is 1. The zero-order chi connectivity index (χ0) is 15.9. The molecule has 0 saturated heterocycles. The number of nitrogens with zero attached hydrogens (tertiary/aromatic N) is 1. The van der Waals surface area contributed by atoms with E-state index in [1.165, 1.54) is 12.1 Å². The van der Waals surface area contributed by atoms with E-state index in [0.29, 0.717) is 16.7 Å². The number of rotatable bonds is 3. The van der Waals surface area contributed by atoms with Crippen LogP contribution < -0.4 is 0 Å². The number of aliphatic hydroxyl groups excluding tert-OH is 1. The maximum Gasteiger partial charge on any atom is 0.261 e. The minimum absolute atomic E-state index is 0.0873. The van der Waals surface area contributed by atoms with E-state index in [1.54, 1.807) is 43.3 Å². The molecule has 0 spiro atoms. The molecule has 0 aromatic heterocycles. The Morgan fingerprint density at radius 1 is 0.909 bits per heavy atom. The summed E-state index contributed by atoms with van der Waals surface area (Å²) in [4.78, 5) is 25.9. The molecule has 112 valence electrons. The van der Waals surface area contributed by atoms with Crippen molar-refractivity contribution in [2.75, 3.05) is 0 Å². The Morgan fingerprint density at radius 3 is 1.91 bits per heavy atom. The average molecular weight is 297 g/mol. The third-order valence-corrected chi connectivity index (χ3v) is 3.92. The van der Waals surface area contributed by atoms with E-state index in [-0.39, 0.29) is 5.75 Å². The highest BCUT2D eigenvalue weighted by molar-refractivity contribution is 6.21. The van der Waals surface area contributed by atoms with Crippen molar-refractivity contribution in [3.63, 3.8) is 0 Å². The Morgan fingerprint density at radius 2 is 1.41 bits per heavy atom. The number of benzene rings is 2. The molecule has 0 fully saturated rings. The molecule has 1 aliphatic rings. The Balaban J connectivity index is 1.90. The van der Waals surface area contributed by atoms with Crippen LogP contribution in [-0.4, -0.2) is 33.0 Å². The number of phenolic OH excluding ortho intramolecular Hbond substituents is 1. The van der Waals surface area contributed by atoms with Gasteiger partial charge in [-0.05, 0) is 36.8 Å². The largest absolute Gasteiger partial charge is 0.508 e. The standard InChI is InChI=1S/C17H15NO4/c1-10(15(20)11-6-8-12(19)9-7-11)18-16(21)13-4-2-3-5-14(13)17(18)22/h2-10,15,19-20H,1H3. The molecule has 1 aliphatic heterocycles. The molecule has 0 radical (unpaired) electrons. The lowest BCUT2D eigenvalue weighted by Crippen LogP contribution is -2.41. The summed E-state index contributed by atoms with van der Waals surface area (Å²) in [6.07, 6.45) is -1.03. The van der Waals surface area contributed by atoms with Gasteiger partial charge >= 0.3 is 0 Å². The number of imide groups is 1. The smallest absolute Gasteiger partial charge is 0.261 e. The molecule has 0 bridgehead atoms. The van der Waals surface area contributed by atoms with Crippen molar-refractivity contribution in [3.8, 4) is 5.75 Å². The highest BCUT2D eigenvalue weighted by Crippen LogP contribution is 2.30. The van der Waals surface area contributed by atoms with E-state index < -0.39 is 24.0 Å². The van der Waals surface area contributed by atoms with E-state index >= 15 is 0 Å². The first-order chi connectivity index (χ1) is 10.5. The third kappa shape index (κ3) is 2.16. The van der Waals surface area contributed by atoms with Gasteiger partial charge in [0.05, 0.1) is 23.3 Å². The molecule has 3 rings (SSSR count). The average Bonchev–Trinajstić information content (AvgIpc) is 2.79. The van der Waals surface area contributed by atoms with Crippen LogP contribution >= 0.6 is 0 Å². The number of phenols is 1. The molecule has 0 saturated carbocycles. The number of carbonyl (C=O) groups is 2. The van der Waals surface area contributed by atoms with Crippen molar-refractivity contribution in [1.29, 1.82) is 0 Å². The van der Waals surface area contributed by atoms with Crippen LogP contribution in [0.4, 0.5) is 0 Å². The molecule has 2 amide bonds. The predicted molar refractivity (Wildman–Crippen MR) is 79.5 cm³/mol. The van der Waals surface area contributed by atoms with E-state index in [0.717, 1.165) is 4.90 Å². The van der Waals surface area contributed by atoms with Gasteiger partial charge in [-0.1, -0.05) is 24.3 Å². The van der Waals surface area contributed by atoms with Crippen LogP contribution in [0.2, 0.25) is 0 Å².